The fourth-order valence-corrected chi connectivity index (χ4v) is 12.9. The van der Waals surface area contributed by atoms with Crippen molar-refractivity contribution in [2.24, 2.45) is 23.7 Å². The van der Waals surface area contributed by atoms with Crippen molar-refractivity contribution in [2.45, 2.75) is 160 Å². The van der Waals surface area contributed by atoms with Crippen LogP contribution in [0.15, 0.2) is 47.4 Å². The van der Waals surface area contributed by atoms with Crippen LogP contribution >= 0.6 is 0 Å². The van der Waals surface area contributed by atoms with Gasteiger partial charge in [-0.25, -0.2) is 8.42 Å². The molecule has 1 aromatic rings. The Bertz CT molecular complexity index is 1230. The molecule has 0 radical (unpaired) electrons. The first-order valence-electron chi connectivity index (χ1n) is 18.9. The second-order valence-corrected chi connectivity index (χ2v) is 28.3. The van der Waals surface area contributed by atoms with Gasteiger partial charge < -0.3 is 18.3 Å². The van der Waals surface area contributed by atoms with E-state index in [0.29, 0.717) is 29.8 Å². The van der Waals surface area contributed by atoms with Gasteiger partial charge in [0.25, 0.3) is 0 Å². The van der Waals surface area contributed by atoms with Crippen molar-refractivity contribution in [1.82, 2.24) is 0 Å². The Balaban J connectivity index is 1.74. The number of sulfone groups is 1. The lowest BCUT2D eigenvalue weighted by molar-refractivity contribution is -0.0711. The molecule has 0 spiro atoms. The van der Waals surface area contributed by atoms with Gasteiger partial charge in [0.2, 0.25) is 0 Å². The molecule has 2 heterocycles. The predicted molar refractivity (Wildman–Crippen MR) is 205 cm³/mol. The first-order chi connectivity index (χ1) is 22.4. The predicted octanol–water partition coefficient (Wildman–Crippen LogP) is 10.1. The van der Waals surface area contributed by atoms with Crippen LogP contribution < -0.4 is 0 Å². The zero-order valence-corrected chi connectivity index (χ0v) is 35.2. The number of benzene rings is 1. The Morgan fingerprint density at radius 3 is 2.19 bits per heavy atom. The minimum atomic E-state index is -3.49. The van der Waals surface area contributed by atoms with Crippen LogP contribution in [-0.4, -0.2) is 68.4 Å². The Morgan fingerprint density at radius 2 is 1.60 bits per heavy atom. The maximum Gasteiger partial charge on any atom is 0.191 e. The first kappa shape index (κ1) is 41.6. The summed E-state index contributed by atoms with van der Waals surface area (Å²) in [5, 5.41) is 0.156. The van der Waals surface area contributed by atoms with Gasteiger partial charge in [-0.3, -0.25) is 0 Å². The van der Waals surface area contributed by atoms with E-state index in [-0.39, 0.29) is 47.0 Å². The van der Waals surface area contributed by atoms with E-state index >= 15 is 0 Å². The molecule has 6 nitrogen and oxygen atoms in total. The van der Waals surface area contributed by atoms with E-state index in [2.05, 4.69) is 82.0 Å². The molecule has 0 saturated carbocycles. The topological polar surface area (TPSA) is 71.1 Å². The Hall–Kier alpha value is -0.816. The zero-order valence-electron chi connectivity index (χ0n) is 32.3. The zero-order chi connectivity index (χ0) is 35.9. The average Bonchev–Trinajstić information content (AvgIpc) is 3.31. The molecular formula is C39H70O6SSi2. The van der Waals surface area contributed by atoms with Crippen molar-refractivity contribution in [2.75, 3.05) is 19.0 Å². The molecule has 0 bridgehead atoms. The fraction of sp³-hybridized carbons (Fsp3) is 0.795. The molecule has 9 heteroatoms. The van der Waals surface area contributed by atoms with Gasteiger partial charge in [0, 0.05) is 25.6 Å². The third-order valence-corrected chi connectivity index (χ3v) is 23.2. The summed E-state index contributed by atoms with van der Waals surface area (Å²) in [5.74, 6) is 0.676. The lowest BCUT2D eigenvalue weighted by Crippen LogP contribution is -2.42. The van der Waals surface area contributed by atoms with Crippen LogP contribution in [-0.2, 0) is 28.2 Å². The van der Waals surface area contributed by atoms with Crippen LogP contribution in [0.4, 0.5) is 0 Å². The van der Waals surface area contributed by atoms with Gasteiger partial charge in [-0.15, -0.1) is 0 Å². The van der Waals surface area contributed by atoms with Crippen molar-refractivity contribution in [3.8, 4) is 0 Å². The second-order valence-electron chi connectivity index (χ2n) is 16.7. The van der Waals surface area contributed by atoms with Gasteiger partial charge in [0.15, 0.2) is 26.5 Å². The third-order valence-electron chi connectivity index (χ3n) is 12.3. The van der Waals surface area contributed by atoms with Crippen LogP contribution in [0.2, 0.25) is 36.3 Å². The monoisotopic (exact) mass is 722 g/mol. The van der Waals surface area contributed by atoms with Crippen LogP contribution in [0.25, 0.3) is 0 Å². The fourth-order valence-electron chi connectivity index (χ4n) is 7.33. The third kappa shape index (κ3) is 10.8. The molecule has 2 aliphatic heterocycles. The van der Waals surface area contributed by atoms with Crippen molar-refractivity contribution in [1.29, 1.82) is 0 Å². The van der Waals surface area contributed by atoms with Gasteiger partial charge in [-0.2, -0.15) is 0 Å². The summed E-state index contributed by atoms with van der Waals surface area (Å²) >= 11 is 0. The highest BCUT2D eigenvalue weighted by Crippen LogP contribution is 2.43. The van der Waals surface area contributed by atoms with Crippen molar-refractivity contribution in [3.05, 3.63) is 42.5 Å². The van der Waals surface area contributed by atoms with Crippen LogP contribution in [0.3, 0.4) is 0 Å². The van der Waals surface area contributed by atoms with E-state index < -0.39 is 26.5 Å². The van der Waals surface area contributed by atoms with E-state index in [1.54, 1.807) is 24.3 Å². The van der Waals surface area contributed by atoms with Gasteiger partial charge in [0.1, 0.15) is 0 Å². The molecule has 2 fully saturated rings. The molecule has 2 saturated heterocycles. The van der Waals surface area contributed by atoms with Gasteiger partial charge >= 0.3 is 0 Å². The molecule has 3 rings (SSSR count). The number of ether oxygens (including phenoxy) is 2. The molecule has 0 aromatic heterocycles. The quantitative estimate of drug-likeness (QED) is 0.0854. The standard InChI is InChI=1S/C39H70O6SSi2/c1-13-48(14-2,15-3)42-23-19-20-33-25-30(5)31(6)37(44-33)26-38-35(28-46(40,41)34-21-17-16-18-22-34)32(7)36(45-38)24-29(4)27-43-47(11,12)39(8,9)10/h16-18,21-22,29-30,32-33,35-38H,6,13-15,19-20,23-28H2,1-5,7-12H3/t29-,30+,32+,33-,35+,36+,37+,38?/m0/s1. The van der Waals surface area contributed by atoms with Crippen LogP contribution in [0.1, 0.15) is 94.4 Å². The highest BCUT2D eigenvalue weighted by molar-refractivity contribution is 7.91. The van der Waals surface area contributed by atoms with Crippen LogP contribution in [0.5, 0.6) is 0 Å². The normalized spacial score (nSPS) is 28.1. The number of hydrogen-bond acceptors (Lipinski definition) is 6. The molecule has 0 amide bonds. The minimum absolute atomic E-state index is 0.0358. The average molecular weight is 723 g/mol. The summed E-state index contributed by atoms with van der Waals surface area (Å²) in [6.07, 6.45) is 4.16. The Labute approximate surface area is 297 Å². The molecule has 1 unspecified atom stereocenters. The van der Waals surface area contributed by atoms with Crippen molar-refractivity contribution < 1.29 is 26.7 Å². The number of hydrogen-bond donors (Lipinski definition) is 0. The molecular weight excluding hydrogens is 653 g/mol. The molecule has 2 aliphatic rings. The van der Waals surface area contributed by atoms with Gasteiger partial charge in [-0.1, -0.05) is 87.1 Å². The van der Waals surface area contributed by atoms with Crippen molar-refractivity contribution in [3.63, 3.8) is 0 Å². The maximum atomic E-state index is 13.7. The van der Waals surface area contributed by atoms with Crippen LogP contribution in [0, 0.1) is 23.7 Å². The molecule has 8 atom stereocenters. The first-order valence-corrected chi connectivity index (χ1v) is 26.0. The highest BCUT2D eigenvalue weighted by atomic mass is 32.2. The lowest BCUT2D eigenvalue weighted by Gasteiger charge is -2.38. The highest BCUT2D eigenvalue weighted by Gasteiger charge is 2.46. The summed E-state index contributed by atoms with van der Waals surface area (Å²) in [7, 11) is -6.95. The van der Waals surface area contributed by atoms with E-state index in [9.17, 15) is 8.42 Å². The van der Waals surface area contributed by atoms with Crippen molar-refractivity contribution >= 4 is 26.5 Å². The Kier molecular flexibility index (Phi) is 15.3. The van der Waals surface area contributed by atoms with E-state index in [1.165, 1.54) is 18.1 Å². The summed E-state index contributed by atoms with van der Waals surface area (Å²) in [4.78, 5) is 0.381. The van der Waals surface area contributed by atoms with E-state index in [0.717, 1.165) is 37.9 Å². The molecule has 1 aromatic carbocycles. The molecule has 48 heavy (non-hydrogen) atoms. The summed E-state index contributed by atoms with van der Waals surface area (Å²) in [6.45, 7) is 30.9. The van der Waals surface area contributed by atoms with Gasteiger partial charge in [-0.05, 0) is 97.4 Å². The smallest absolute Gasteiger partial charge is 0.191 e. The van der Waals surface area contributed by atoms with E-state index in [1.807, 2.05) is 6.07 Å². The summed E-state index contributed by atoms with van der Waals surface area (Å²) < 4.78 is 54.2. The Morgan fingerprint density at radius 1 is 0.979 bits per heavy atom. The summed E-state index contributed by atoms with van der Waals surface area (Å²) in [5.41, 5.74) is 1.11. The number of rotatable bonds is 18. The lowest BCUT2D eigenvalue weighted by atomic mass is 9.82. The maximum absolute atomic E-state index is 13.7. The second kappa shape index (κ2) is 17.6. The molecule has 0 N–H and O–H groups in total. The minimum Gasteiger partial charge on any atom is -0.417 e. The largest absolute Gasteiger partial charge is 0.417 e. The molecule has 276 valence electrons. The molecule has 0 aliphatic carbocycles. The summed E-state index contributed by atoms with van der Waals surface area (Å²) in [6, 6.07) is 12.4. The SMILES string of the molecule is C=C1[C@H](C)C[C@H](CCCO[Si](CC)(CC)CC)O[C@@H]1CC1O[C@H](C[C@H](C)CO[Si](C)(C)C(C)(C)C)[C@H](C)[C@H]1CS(=O)(=O)c1ccccc1. The van der Waals surface area contributed by atoms with Gasteiger partial charge in [0.05, 0.1) is 35.1 Å². The van der Waals surface area contributed by atoms with E-state index in [4.69, 9.17) is 18.3 Å².